The molecule has 0 radical (unpaired) electrons. The molecule has 0 saturated heterocycles. The van der Waals surface area contributed by atoms with Crippen LogP contribution >= 0.6 is 15.9 Å². The van der Waals surface area contributed by atoms with Crippen LogP contribution in [-0.4, -0.2) is 29.0 Å². The molecule has 0 aliphatic heterocycles. The minimum Gasteiger partial charge on any atom is -0.457 e. The van der Waals surface area contributed by atoms with E-state index in [4.69, 9.17) is 9.47 Å². The fourth-order valence-corrected chi connectivity index (χ4v) is 3.40. The lowest BCUT2D eigenvalue weighted by molar-refractivity contribution is 0.102. The van der Waals surface area contributed by atoms with Crippen molar-refractivity contribution in [1.29, 1.82) is 0 Å². The number of ether oxygens (including phenoxy) is 2. The number of hydrogen-bond donors (Lipinski definition) is 3. The Kier molecular flexibility index (Phi) is 5.85. The standard InChI is InChI=1S/C22H17BrN4O4/c1-24-22(29)31-19-12-17(6-8-25-19)30-16-4-2-3-14(10-16)21(28)27-18-11-15(23)9-13-5-7-26-20(13)18/h2-12,26H,1H3,(H,24,29)(H,27,28). The molecule has 31 heavy (non-hydrogen) atoms. The van der Waals surface area contributed by atoms with Crippen molar-refractivity contribution in [1.82, 2.24) is 15.3 Å². The zero-order chi connectivity index (χ0) is 21.8. The van der Waals surface area contributed by atoms with Crippen LogP contribution in [-0.2, 0) is 0 Å². The van der Waals surface area contributed by atoms with Crippen LogP contribution in [0.15, 0.2) is 71.5 Å². The van der Waals surface area contributed by atoms with E-state index >= 15 is 0 Å². The highest BCUT2D eigenvalue weighted by atomic mass is 79.9. The number of nitrogens with zero attached hydrogens (tertiary/aromatic N) is 1. The maximum absolute atomic E-state index is 12.8. The van der Waals surface area contributed by atoms with Gasteiger partial charge in [0, 0.05) is 40.9 Å². The first kappa shape index (κ1) is 20.4. The summed E-state index contributed by atoms with van der Waals surface area (Å²) >= 11 is 3.46. The SMILES string of the molecule is CNC(=O)Oc1cc(Oc2cccc(C(=O)Nc3cc(Br)cc4cc[nH]c34)c2)ccn1. The normalized spacial score (nSPS) is 10.5. The first-order valence-electron chi connectivity index (χ1n) is 9.23. The van der Waals surface area contributed by atoms with E-state index in [-0.39, 0.29) is 11.8 Å². The predicted molar refractivity (Wildman–Crippen MR) is 120 cm³/mol. The molecule has 0 spiro atoms. The van der Waals surface area contributed by atoms with Gasteiger partial charge in [0.2, 0.25) is 5.88 Å². The van der Waals surface area contributed by atoms with Crippen molar-refractivity contribution < 1.29 is 19.1 Å². The van der Waals surface area contributed by atoms with Crippen LogP contribution in [0, 0.1) is 0 Å². The average Bonchev–Trinajstić information content (AvgIpc) is 3.22. The van der Waals surface area contributed by atoms with Crippen molar-refractivity contribution in [2.24, 2.45) is 0 Å². The largest absolute Gasteiger partial charge is 0.457 e. The highest BCUT2D eigenvalue weighted by Gasteiger charge is 2.12. The molecule has 0 aliphatic rings. The van der Waals surface area contributed by atoms with Gasteiger partial charge in [0.15, 0.2) is 0 Å². The molecule has 0 atom stereocenters. The Morgan fingerprint density at radius 3 is 2.74 bits per heavy atom. The fourth-order valence-electron chi connectivity index (χ4n) is 2.92. The molecule has 0 saturated carbocycles. The minimum atomic E-state index is -0.632. The summed E-state index contributed by atoms with van der Waals surface area (Å²) in [6.45, 7) is 0. The lowest BCUT2D eigenvalue weighted by Crippen LogP contribution is -2.22. The number of amides is 2. The van der Waals surface area contributed by atoms with Gasteiger partial charge in [-0.3, -0.25) is 4.79 Å². The first-order valence-corrected chi connectivity index (χ1v) is 10.0. The highest BCUT2D eigenvalue weighted by Crippen LogP contribution is 2.29. The third kappa shape index (κ3) is 4.84. The number of H-pyrrole nitrogens is 1. The molecule has 2 heterocycles. The zero-order valence-electron chi connectivity index (χ0n) is 16.3. The molecular weight excluding hydrogens is 464 g/mol. The van der Waals surface area contributed by atoms with Crippen molar-refractivity contribution >= 4 is 44.5 Å². The predicted octanol–water partition coefficient (Wildman–Crippen LogP) is 5.09. The average molecular weight is 481 g/mol. The lowest BCUT2D eigenvalue weighted by Gasteiger charge is -2.10. The van der Waals surface area contributed by atoms with Gasteiger partial charge < -0.3 is 25.1 Å². The van der Waals surface area contributed by atoms with Gasteiger partial charge >= 0.3 is 6.09 Å². The zero-order valence-corrected chi connectivity index (χ0v) is 17.9. The van der Waals surface area contributed by atoms with Gasteiger partial charge in [0.05, 0.1) is 11.2 Å². The summed E-state index contributed by atoms with van der Waals surface area (Å²) in [5.41, 5.74) is 1.92. The smallest absolute Gasteiger partial charge is 0.413 e. The second-order valence-electron chi connectivity index (χ2n) is 6.45. The number of hydrogen-bond acceptors (Lipinski definition) is 5. The number of aromatic nitrogens is 2. The van der Waals surface area contributed by atoms with Crippen LogP contribution in [0.4, 0.5) is 10.5 Å². The topological polar surface area (TPSA) is 105 Å². The molecule has 4 aromatic rings. The van der Waals surface area contributed by atoms with E-state index in [1.807, 2.05) is 24.4 Å². The van der Waals surface area contributed by atoms with Crippen LogP contribution in [0.2, 0.25) is 0 Å². The quantitative estimate of drug-likeness (QED) is 0.369. The number of benzene rings is 2. The molecule has 8 nitrogen and oxygen atoms in total. The van der Waals surface area contributed by atoms with Gasteiger partial charge in [-0.1, -0.05) is 22.0 Å². The molecule has 4 rings (SSSR count). The van der Waals surface area contributed by atoms with E-state index in [1.54, 1.807) is 30.3 Å². The third-order valence-corrected chi connectivity index (χ3v) is 4.77. The van der Waals surface area contributed by atoms with E-state index in [0.717, 1.165) is 15.4 Å². The van der Waals surface area contributed by atoms with Crippen molar-refractivity contribution in [3.63, 3.8) is 0 Å². The third-order valence-electron chi connectivity index (χ3n) is 4.31. The highest BCUT2D eigenvalue weighted by molar-refractivity contribution is 9.10. The number of fused-ring (bicyclic) bond motifs is 1. The summed E-state index contributed by atoms with van der Waals surface area (Å²) in [4.78, 5) is 31.3. The van der Waals surface area contributed by atoms with Crippen LogP contribution in [0.1, 0.15) is 10.4 Å². The summed E-state index contributed by atoms with van der Waals surface area (Å²) in [5.74, 6) is 0.670. The molecule has 2 aromatic heterocycles. The maximum Gasteiger partial charge on any atom is 0.413 e. The summed E-state index contributed by atoms with van der Waals surface area (Å²) in [5, 5.41) is 6.25. The van der Waals surface area contributed by atoms with Crippen LogP contribution < -0.4 is 20.1 Å². The summed E-state index contributed by atoms with van der Waals surface area (Å²) in [6, 6.07) is 15.6. The van der Waals surface area contributed by atoms with Crippen molar-refractivity contribution in [3.05, 3.63) is 77.0 Å². The number of rotatable bonds is 5. The number of carbonyl (C=O) groups excluding carboxylic acids is 2. The van der Waals surface area contributed by atoms with Gasteiger partial charge in [0.1, 0.15) is 11.5 Å². The maximum atomic E-state index is 12.8. The number of nitrogens with one attached hydrogen (secondary N) is 3. The summed E-state index contributed by atoms with van der Waals surface area (Å²) in [6.07, 6.45) is 2.64. The molecule has 0 bridgehead atoms. The lowest BCUT2D eigenvalue weighted by atomic mass is 10.2. The Hall–Kier alpha value is -3.85. The van der Waals surface area contributed by atoms with Gasteiger partial charge in [-0.15, -0.1) is 0 Å². The number of carbonyl (C=O) groups is 2. The first-order chi connectivity index (χ1) is 15.0. The van der Waals surface area contributed by atoms with Crippen LogP contribution in [0.25, 0.3) is 10.9 Å². The molecule has 2 amide bonds. The second kappa shape index (κ2) is 8.88. The monoisotopic (exact) mass is 480 g/mol. The minimum absolute atomic E-state index is 0.0929. The van der Waals surface area contributed by atoms with Crippen molar-refractivity contribution in [3.8, 4) is 17.4 Å². The van der Waals surface area contributed by atoms with Gasteiger partial charge in [0.25, 0.3) is 5.91 Å². The van der Waals surface area contributed by atoms with Gasteiger partial charge in [-0.2, -0.15) is 0 Å². The molecular formula is C22H17BrN4O4. The number of pyridine rings is 1. The van der Waals surface area contributed by atoms with Crippen LogP contribution in [0.5, 0.6) is 17.4 Å². The number of aromatic amines is 1. The Bertz CT molecular complexity index is 1270. The molecule has 0 unspecified atom stereocenters. The second-order valence-corrected chi connectivity index (χ2v) is 7.36. The molecule has 0 aliphatic carbocycles. The van der Waals surface area contributed by atoms with E-state index in [9.17, 15) is 9.59 Å². The molecule has 9 heteroatoms. The Labute approximate surface area is 185 Å². The number of anilines is 1. The van der Waals surface area contributed by atoms with E-state index < -0.39 is 6.09 Å². The van der Waals surface area contributed by atoms with Gasteiger partial charge in [-0.05, 0) is 42.5 Å². The molecule has 0 fully saturated rings. The van der Waals surface area contributed by atoms with Crippen LogP contribution in [0.3, 0.4) is 0 Å². The fraction of sp³-hybridized carbons (Fsp3) is 0.0455. The van der Waals surface area contributed by atoms with E-state index in [0.29, 0.717) is 22.7 Å². The van der Waals surface area contributed by atoms with E-state index in [2.05, 4.69) is 36.5 Å². The molecule has 156 valence electrons. The Balaban J connectivity index is 1.52. The Morgan fingerprint density at radius 2 is 1.90 bits per heavy atom. The summed E-state index contributed by atoms with van der Waals surface area (Å²) in [7, 11) is 1.45. The molecule has 2 aromatic carbocycles. The van der Waals surface area contributed by atoms with Crippen molar-refractivity contribution in [2.75, 3.05) is 12.4 Å². The molecule has 3 N–H and O–H groups in total. The Morgan fingerprint density at radius 1 is 1.06 bits per heavy atom. The summed E-state index contributed by atoms with van der Waals surface area (Å²) < 4.78 is 11.7. The van der Waals surface area contributed by atoms with Gasteiger partial charge in [-0.25, -0.2) is 9.78 Å². The van der Waals surface area contributed by atoms with E-state index in [1.165, 1.54) is 19.3 Å². The number of halogens is 1. The van der Waals surface area contributed by atoms with Crippen molar-refractivity contribution in [2.45, 2.75) is 0 Å².